The molecule has 0 N–H and O–H groups in total. The van der Waals surface area contributed by atoms with Gasteiger partial charge in [0.05, 0.1) is 0 Å². The number of hydrogen-bond acceptors (Lipinski definition) is 0. The summed E-state index contributed by atoms with van der Waals surface area (Å²) < 4.78 is 0. The molecule has 6 aromatic carbocycles. The number of rotatable bonds is 3. The maximum absolute atomic E-state index is 3.06. The Morgan fingerprint density at radius 3 is 1.63 bits per heavy atom. The van der Waals surface area contributed by atoms with Crippen LogP contribution in [-0.4, -0.2) is 6.88 Å². The van der Waals surface area contributed by atoms with Crippen molar-refractivity contribution in [2.24, 2.45) is 0 Å². The SMILES string of the molecule is CC(C)(C)c1ccc(-c2cccc3[cH-]c(C4CCCC4)cc23)cc1.Cc1cc2c(-c3ccc(C(C)(C)C)cc3)ccc(C)c2[cH-]1.[CH3-].[CH3-].[Si]=[Zr]. The van der Waals surface area contributed by atoms with Gasteiger partial charge in [0, 0.05) is 0 Å². The topological polar surface area (TPSA) is 0 Å². The molecule has 7 rings (SSSR count). The first-order chi connectivity index (χ1) is 22.4. The summed E-state index contributed by atoms with van der Waals surface area (Å²) in [5.41, 5.74) is 12.8. The minimum absolute atomic E-state index is 0. The Hall–Kier alpha value is -2.80. The van der Waals surface area contributed by atoms with Gasteiger partial charge in [0.15, 0.2) is 0 Å². The van der Waals surface area contributed by atoms with Crippen molar-refractivity contribution in [1.82, 2.24) is 0 Å². The van der Waals surface area contributed by atoms with Crippen LogP contribution in [0.2, 0.25) is 0 Å². The van der Waals surface area contributed by atoms with Crippen molar-refractivity contribution in [3.05, 3.63) is 146 Å². The predicted molar refractivity (Wildman–Crippen MR) is 217 cm³/mol. The zero-order valence-corrected chi connectivity index (χ0v) is 35.2. The van der Waals surface area contributed by atoms with Crippen molar-refractivity contribution in [3.8, 4) is 22.3 Å². The van der Waals surface area contributed by atoms with Gasteiger partial charge in [-0.3, -0.25) is 0 Å². The first kappa shape index (κ1) is 40.6. The van der Waals surface area contributed by atoms with E-state index in [9.17, 15) is 0 Å². The van der Waals surface area contributed by atoms with E-state index >= 15 is 0 Å². The second kappa shape index (κ2) is 16.9. The number of fused-ring (bicyclic) bond motifs is 2. The van der Waals surface area contributed by atoms with E-state index < -0.39 is 0 Å². The number of hydrogen-bond donors (Lipinski definition) is 0. The van der Waals surface area contributed by atoms with Crippen LogP contribution in [0.1, 0.15) is 101 Å². The Bertz CT molecular complexity index is 1930. The molecule has 1 fully saturated rings. The summed E-state index contributed by atoms with van der Waals surface area (Å²) in [5, 5.41) is 5.57. The fourth-order valence-electron chi connectivity index (χ4n) is 7.15. The second-order valence-electron chi connectivity index (χ2n) is 15.5. The molecule has 0 atom stereocenters. The van der Waals surface area contributed by atoms with Crippen molar-refractivity contribution in [2.45, 2.75) is 97.8 Å². The van der Waals surface area contributed by atoms with E-state index in [0.717, 1.165) is 5.92 Å². The maximum atomic E-state index is 3.06. The van der Waals surface area contributed by atoms with Crippen LogP contribution in [0, 0.1) is 28.7 Å². The average Bonchev–Trinajstić information content (AvgIpc) is 3.82. The first-order valence-corrected chi connectivity index (χ1v) is 21.4. The van der Waals surface area contributed by atoms with E-state index in [0.29, 0.717) is 0 Å². The Balaban J connectivity index is 0.000000245. The standard InChI is InChI=1S/C24H27.C21H23.2CH3.Si.Zr/c1-24(2,3)21-13-11-18(12-14-21)22-10-6-9-19-15-20(16-23(19)22)17-7-4-5-8-17;1-14-12-19-15(2)6-11-18(20(19)13-14)16-7-9-17(10-8-16)21(3,4)5;;;;/h6,9-17H,4-5,7-8H2,1-3H3;6-13H,1-5H3;2*1H3;;/q4*-1;;. The van der Waals surface area contributed by atoms with Gasteiger partial charge < -0.3 is 14.9 Å². The number of benzene rings is 4. The molecule has 2 radical (unpaired) electrons. The van der Waals surface area contributed by atoms with Crippen LogP contribution >= 0.6 is 0 Å². The average molecular weight is 740 g/mol. The van der Waals surface area contributed by atoms with Crippen LogP contribution in [0.15, 0.2) is 103 Å². The summed E-state index contributed by atoms with van der Waals surface area (Å²) in [5.74, 6) is 0.786. The Labute approximate surface area is 315 Å². The zero-order valence-electron chi connectivity index (χ0n) is 31.7. The Kier molecular flexibility index (Phi) is 14.0. The molecule has 0 aliphatic heterocycles. The van der Waals surface area contributed by atoms with E-state index in [1.165, 1.54) is 115 Å². The van der Waals surface area contributed by atoms with E-state index in [1.807, 2.05) is 0 Å². The van der Waals surface area contributed by atoms with Crippen LogP contribution in [0.25, 0.3) is 43.8 Å². The molecule has 0 unspecified atom stereocenters. The van der Waals surface area contributed by atoms with Crippen molar-refractivity contribution in [2.75, 3.05) is 0 Å². The molecule has 1 saturated carbocycles. The third kappa shape index (κ3) is 9.31. The molecule has 0 aromatic heterocycles. The first-order valence-electron chi connectivity index (χ1n) is 17.2. The number of aryl methyl sites for hydroxylation is 2. The molecule has 0 saturated heterocycles. The van der Waals surface area contributed by atoms with Gasteiger partial charge in [0.1, 0.15) is 0 Å². The van der Waals surface area contributed by atoms with Gasteiger partial charge in [-0.2, -0.15) is 12.1 Å². The van der Waals surface area contributed by atoms with Gasteiger partial charge in [-0.15, -0.1) is 68.6 Å². The van der Waals surface area contributed by atoms with Crippen LogP contribution in [-0.2, 0) is 34.2 Å². The monoisotopic (exact) mass is 738 g/mol. The molecule has 0 amide bonds. The molecule has 1 aliphatic rings. The summed E-state index contributed by atoms with van der Waals surface area (Å²) in [7, 11) is 0. The molecule has 0 nitrogen and oxygen atoms in total. The fraction of sp³-hybridized carbons (Fsp3) is 0.319. The summed E-state index contributed by atoms with van der Waals surface area (Å²) >= 11 is 1.36. The van der Waals surface area contributed by atoms with Crippen LogP contribution < -0.4 is 0 Å². The Morgan fingerprint density at radius 2 is 1.12 bits per heavy atom. The molecule has 49 heavy (non-hydrogen) atoms. The molecular weight excluding hydrogens is 684 g/mol. The minimum atomic E-state index is 0. The van der Waals surface area contributed by atoms with Crippen molar-refractivity contribution in [3.63, 3.8) is 0 Å². The van der Waals surface area contributed by atoms with Crippen LogP contribution in [0.3, 0.4) is 0 Å². The summed E-state index contributed by atoms with van der Waals surface area (Å²) in [4.78, 5) is 0. The molecule has 1 aliphatic carbocycles. The van der Waals surface area contributed by atoms with E-state index in [4.69, 9.17) is 0 Å². The Morgan fingerprint density at radius 1 is 0.612 bits per heavy atom. The predicted octanol–water partition coefficient (Wildman–Crippen LogP) is 13.8. The van der Waals surface area contributed by atoms with Gasteiger partial charge >= 0.3 is 30.2 Å². The quantitative estimate of drug-likeness (QED) is 0.125. The van der Waals surface area contributed by atoms with E-state index in [-0.39, 0.29) is 25.7 Å². The molecule has 0 spiro atoms. The molecule has 0 heterocycles. The van der Waals surface area contributed by atoms with Gasteiger partial charge in [-0.1, -0.05) is 140 Å². The fourth-order valence-corrected chi connectivity index (χ4v) is 7.15. The van der Waals surface area contributed by atoms with Gasteiger partial charge in [-0.05, 0) is 51.8 Å². The summed E-state index contributed by atoms with van der Waals surface area (Å²) in [6, 6.07) is 38.9. The van der Waals surface area contributed by atoms with Crippen molar-refractivity contribution in [1.29, 1.82) is 0 Å². The molecule has 6 aromatic rings. The molecule has 2 heteroatoms. The van der Waals surface area contributed by atoms with Crippen molar-refractivity contribution >= 4 is 28.4 Å². The molecular formula is C47H56SiZr-4. The third-order valence-corrected chi connectivity index (χ3v) is 9.97. The van der Waals surface area contributed by atoms with Crippen LogP contribution in [0.4, 0.5) is 0 Å². The molecule has 256 valence electrons. The van der Waals surface area contributed by atoms with Crippen molar-refractivity contribution < 1.29 is 23.3 Å². The van der Waals surface area contributed by atoms with Crippen LogP contribution in [0.5, 0.6) is 0 Å². The second-order valence-corrected chi connectivity index (χ2v) is 15.5. The zero-order chi connectivity index (χ0) is 33.9. The van der Waals surface area contributed by atoms with Gasteiger partial charge in [0.2, 0.25) is 0 Å². The summed E-state index contributed by atoms with van der Waals surface area (Å²) in [6.07, 6.45) is 5.53. The summed E-state index contributed by atoms with van der Waals surface area (Å²) in [6.45, 7) is 21.0. The van der Waals surface area contributed by atoms with E-state index in [1.54, 1.807) is 5.56 Å². The van der Waals surface area contributed by atoms with E-state index in [2.05, 4.69) is 165 Å². The molecule has 0 bridgehead atoms. The van der Waals surface area contributed by atoms with Gasteiger partial charge in [-0.25, -0.2) is 0 Å². The van der Waals surface area contributed by atoms with Gasteiger partial charge in [0.25, 0.3) is 0 Å². The normalized spacial score (nSPS) is 13.1. The third-order valence-electron chi connectivity index (χ3n) is 9.97.